The second kappa shape index (κ2) is 5.85. The molecule has 0 amide bonds. The first-order valence-electron chi connectivity index (χ1n) is 6.37. The molecule has 0 bridgehead atoms. The van der Waals surface area contributed by atoms with Crippen molar-refractivity contribution in [2.24, 2.45) is 0 Å². The summed E-state index contributed by atoms with van der Waals surface area (Å²) >= 11 is 0. The fourth-order valence-electron chi connectivity index (χ4n) is 2.31. The zero-order chi connectivity index (χ0) is 13.0. The fourth-order valence-corrected chi connectivity index (χ4v) is 2.31. The van der Waals surface area contributed by atoms with E-state index in [1.165, 1.54) is 12.8 Å². The van der Waals surface area contributed by atoms with Gasteiger partial charge in [0.05, 0.1) is 11.7 Å². The Bertz CT molecular complexity index is 425. The Morgan fingerprint density at radius 1 is 1.39 bits per heavy atom. The Morgan fingerprint density at radius 3 is 2.72 bits per heavy atom. The highest BCUT2D eigenvalue weighted by atomic mass is 19.3. The lowest BCUT2D eigenvalue weighted by Crippen LogP contribution is -2.13. The molecule has 0 N–H and O–H groups in total. The van der Waals surface area contributed by atoms with Gasteiger partial charge in [0, 0.05) is 4.53 Å². The van der Waals surface area contributed by atoms with Crippen molar-refractivity contribution >= 4 is 5.97 Å². The molecule has 4 heteroatoms. The van der Waals surface area contributed by atoms with E-state index in [9.17, 15) is 9.32 Å². The maximum absolute atomic E-state index is 11.9. The van der Waals surface area contributed by atoms with Crippen molar-refractivity contribution in [2.75, 3.05) is 0 Å². The molecule has 1 aromatic rings. The van der Waals surface area contributed by atoms with Crippen LogP contribution in [0.25, 0.3) is 0 Å². The lowest BCUT2D eigenvalue weighted by Gasteiger charge is -2.16. The van der Waals surface area contributed by atoms with Gasteiger partial charge in [0.2, 0.25) is 0 Å². The van der Waals surface area contributed by atoms with Crippen molar-refractivity contribution in [2.45, 2.75) is 45.1 Å². The largest absolute Gasteiger partial charge is 0.490 e. The van der Waals surface area contributed by atoms with Crippen molar-refractivity contribution in [1.29, 1.82) is 0 Å². The van der Waals surface area contributed by atoms with Crippen molar-refractivity contribution in [3.05, 3.63) is 29.3 Å². The summed E-state index contributed by atoms with van der Waals surface area (Å²) in [7, 11) is 0. The quantitative estimate of drug-likeness (QED) is 0.821. The maximum Gasteiger partial charge on any atom is 0.379 e. The van der Waals surface area contributed by atoms with Gasteiger partial charge in [-0.2, -0.15) is 0 Å². The predicted octanol–water partition coefficient (Wildman–Crippen LogP) is 3.61. The molecule has 0 atom stereocenters. The van der Waals surface area contributed by atoms with E-state index < -0.39 is 5.97 Å². The highest BCUT2D eigenvalue weighted by Crippen LogP contribution is 2.28. The predicted molar refractivity (Wildman–Crippen MR) is 65.2 cm³/mol. The van der Waals surface area contributed by atoms with E-state index in [1.807, 2.05) is 6.92 Å². The first-order chi connectivity index (χ1) is 8.74. The highest BCUT2D eigenvalue weighted by Gasteiger charge is 2.19. The molecule has 0 aromatic heterocycles. The number of rotatable bonds is 4. The zero-order valence-electron chi connectivity index (χ0n) is 10.4. The van der Waals surface area contributed by atoms with Gasteiger partial charge in [0.1, 0.15) is 5.75 Å². The fraction of sp³-hybridized carbons (Fsp3) is 0.500. The van der Waals surface area contributed by atoms with Crippen LogP contribution in [0.5, 0.6) is 5.75 Å². The number of halogens is 1. The number of hydrogen-bond acceptors (Lipinski definition) is 3. The first kappa shape index (κ1) is 12.9. The minimum atomic E-state index is -0.978. The van der Waals surface area contributed by atoms with Crippen LogP contribution < -0.4 is 4.74 Å². The minimum Gasteiger partial charge on any atom is -0.490 e. The number of ether oxygens (including phenoxy) is 1. The molecular weight excluding hydrogens is 235 g/mol. The molecule has 3 nitrogen and oxygen atoms in total. The lowest BCUT2D eigenvalue weighted by atomic mass is 10.1. The molecule has 0 unspecified atom stereocenters. The van der Waals surface area contributed by atoms with Crippen molar-refractivity contribution < 1.29 is 19.0 Å². The number of hydrogen-bond donors (Lipinski definition) is 0. The topological polar surface area (TPSA) is 35.5 Å². The van der Waals surface area contributed by atoms with E-state index >= 15 is 0 Å². The number of carbonyl (C=O) groups is 1. The first-order valence-corrected chi connectivity index (χ1v) is 6.37. The second-order valence-corrected chi connectivity index (χ2v) is 4.56. The average molecular weight is 252 g/mol. The third-order valence-electron chi connectivity index (χ3n) is 3.35. The Balaban J connectivity index is 2.21. The monoisotopic (exact) mass is 252 g/mol. The molecule has 0 saturated heterocycles. The van der Waals surface area contributed by atoms with Crippen LogP contribution in [0.3, 0.4) is 0 Å². The number of aryl methyl sites for hydroxylation is 1. The lowest BCUT2D eigenvalue weighted by molar-refractivity contribution is -0.0788. The Labute approximate surface area is 106 Å². The van der Waals surface area contributed by atoms with Crippen LogP contribution in [-0.4, -0.2) is 12.1 Å². The molecule has 0 aliphatic heterocycles. The summed E-state index contributed by atoms with van der Waals surface area (Å²) in [5.74, 6) is -0.304. The number of benzene rings is 1. The molecule has 1 aromatic carbocycles. The standard InChI is InChI=1S/C14H17FO3/c1-2-10-7-8-11(14(16)18-15)9-13(10)17-12-5-3-4-6-12/h7-9,12H,2-6H2,1H3. The van der Waals surface area contributed by atoms with Gasteiger partial charge < -0.3 is 4.74 Å². The summed E-state index contributed by atoms with van der Waals surface area (Å²) in [5, 5.41) is 0. The van der Waals surface area contributed by atoms with Gasteiger partial charge in [0.15, 0.2) is 0 Å². The van der Waals surface area contributed by atoms with Crippen LogP contribution in [0.2, 0.25) is 0 Å². The highest BCUT2D eigenvalue weighted by molar-refractivity contribution is 5.89. The molecule has 1 aliphatic carbocycles. The normalized spacial score (nSPS) is 15.7. The van der Waals surface area contributed by atoms with Gasteiger partial charge in [-0.05, 0) is 49.8 Å². The summed E-state index contributed by atoms with van der Waals surface area (Å²) < 4.78 is 17.8. The van der Waals surface area contributed by atoms with Gasteiger partial charge >= 0.3 is 5.97 Å². The van der Waals surface area contributed by atoms with E-state index in [4.69, 9.17) is 4.74 Å². The SMILES string of the molecule is CCc1ccc(C(=O)OF)cc1OC1CCCC1. The van der Waals surface area contributed by atoms with Gasteiger partial charge in [-0.15, -0.1) is 0 Å². The molecule has 0 radical (unpaired) electrons. The van der Waals surface area contributed by atoms with Crippen molar-refractivity contribution in [3.8, 4) is 5.75 Å². The van der Waals surface area contributed by atoms with Crippen LogP contribution in [-0.2, 0) is 11.4 Å². The third kappa shape index (κ3) is 2.81. The molecule has 1 fully saturated rings. The average Bonchev–Trinajstić information content (AvgIpc) is 2.90. The molecule has 0 spiro atoms. The zero-order valence-corrected chi connectivity index (χ0v) is 10.4. The summed E-state index contributed by atoms with van der Waals surface area (Å²) in [5.41, 5.74) is 1.21. The minimum absolute atomic E-state index is 0.183. The van der Waals surface area contributed by atoms with E-state index in [1.54, 1.807) is 18.2 Å². The Kier molecular flexibility index (Phi) is 4.18. The van der Waals surface area contributed by atoms with Crippen LogP contribution in [0.4, 0.5) is 4.53 Å². The Morgan fingerprint density at radius 2 is 2.11 bits per heavy atom. The van der Waals surface area contributed by atoms with E-state index in [0.29, 0.717) is 5.75 Å². The van der Waals surface area contributed by atoms with Crippen LogP contribution >= 0.6 is 0 Å². The maximum atomic E-state index is 11.9. The molecule has 1 aliphatic rings. The molecule has 1 saturated carbocycles. The van der Waals surface area contributed by atoms with Crippen LogP contribution in [0.1, 0.15) is 48.5 Å². The number of carbonyl (C=O) groups excluding carboxylic acids is 1. The van der Waals surface area contributed by atoms with E-state index in [0.717, 1.165) is 24.8 Å². The van der Waals surface area contributed by atoms with Gasteiger partial charge in [-0.1, -0.05) is 13.0 Å². The third-order valence-corrected chi connectivity index (χ3v) is 3.35. The second-order valence-electron chi connectivity index (χ2n) is 4.56. The van der Waals surface area contributed by atoms with Crippen LogP contribution in [0.15, 0.2) is 18.2 Å². The van der Waals surface area contributed by atoms with Gasteiger partial charge in [-0.25, -0.2) is 9.74 Å². The summed E-state index contributed by atoms with van der Waals surface area (Å²) in [4.78, 5) is 14.4. The molecular formula is C14H17FO3. The van der Waals surface area contributed by atoms with Crippen LogP contribution in [0, 0.1) is 0 Å². The summed E-state index contributed by atoms with van der Waals surface area (Å²) in [6.45, 7) is 2.02. The van der Waals surface area contributed by atoms with E-state index in [2.05, 4.69) is 4.94 Å². The molecule has 98 valence electrons. The smallest absolute Gasteiger partial charge is 0.379 e. The molecule has 18 heavy (non-hydrogen) atoms. The Hall–Kier alpha value is -1.58. The van der Waals surface area contributed by atoms with Gasteiger partial charge in [0.25, 0.3) is 0 Å². The summed E-state index contributed by atoms with van der Waals surface area (Å²) in [6, 6.07) is 4.91. The van der Waals surface area contributed by atoms with Crippen molar-refractivity contribution in [3.63, 3.8) is 0 Å². The molecule has 2 rings (SSSR count). The summed E-state index contributed by atoms with van der Waals surface area (Å²) in [6.07, 6.45) is 5.47. The molecule has 0 heterocycles. The van der Waals surface area contributed by atoms with E-state index in [-0.39, 0.29) is 11.7 Å². The van der Waals surface area contributed by atoms with Gasteiger partial charge in [-0.3, -0.25) is 0 Å². The van der Waals surface area contributed by atoms with Crippen molar-refractivity contribution in [1.82, 2.24) is 0 Å².